The number of aromatic nitrogens is 1. The number of nitrogens with one attached hydrogen (secondary N) is 1. The molecule has 3 rings (SSSR count). The molecule has 160 valence electrons. The Morgan fingerprint density at radius 3 is 2.60 bits per heavy atom. The molecule has 1 N–H and O–H groups in total. The number of rotatable bonds is 8. The molecule has 1 saturated heterocycles. The lowest BCUT2D eigenvalue weighted by Gasteiger charge is -2.34. The molecule has 0 spiro atoms. The van der Waals surface area contributed by atoms with Gasteiger partial charge in [0.1, 0.15) is 0 Å². The van der Waals surface area contributed by atoms with Crippen LogP contribution in [0.2, 0.25) is 5.02 Å². The number of H-pyrrole nitrogens is 1. The van der Waals surface area contributed by atoms with Crippen molar-refractivity contribution in [1.29, 1.82) is 5.26 Å². The van der Waals surface area contributed by atoms with Crippen molar-refractivity contribution >= 4 is 11.6 Å². The van der Waals surface area contributed by atoms with E-state index in [4.69, 9.17) is 11.6 Å². The van der Waals surface area contributed by atoms with Crippen LogP contribution in [0.3, 0.4) is 0 Å². The van der Waals surface area contributed by atoms with Crippen LogP contribution in [-0.4, -0.2) is 23.0 Å². The minimum Gasteiger partial charge on any atom is -0.327 e. The standard InChI is InChI=1S/C25H32ClN3O/c1-19(2)25(18-27,22-8-4-3-5-9-22)12-6-7-20-10-13-29(14-11-20)17-21-15-23(26)16-28-24(21)30/h3-5,8-9,15-16,19-20H,6-7,10-14,17H2,1-2H3,(H,28,30). The second-order valence-corrected chi connectivity index (χ2v) is 9.32. The van der Waals surface area contributed by atoms with Crippen LogP contribution in [0, 0.1) is 23.2 Å². The fourth-order valence-electron chi connectivity index (χ4n) is 4.71. The Kier molecular flexibility index (Phi) is 7.75. The number of aromatic amines is 1. The number of pyridine rings is 1. The fourth-order valence-corrected chi connectivity index (χ4v) is 4.90. The largest absolute Gasteiger partial charge is 0.327 e. The van der Waals surface area contributed by atoms with E-state index in [-0.39, 0.29) is 11.5 Å². The molecule has 0 aliphatic carbocycles. The summed E-state index contributed by atoms with van der Waals surface area (Å²) in [5, 5.41) is 10.6. The maximum atomic E-state index is 12.0. The van der Waals surface area contributed by atoms with Gasteiger partial charge in [0, 0.05) is 18.3 Å². The second-order valence-electron chi connectivity index (χ2n) is 8.89. The predicted molar refractivity (Wildman–Crippen MR) is 122 cm³/mol. The van der Waals surface area contributed by atoms with E-state index in [0.29, 0.717) is 17.5 Å². The van der Waals surface area contributed by atoms with Crippen molar-refractivity contribution < 1.29 is 0 Å². The quantitative estimate of drug-likeness (QED) is 0.604. The molecule has 1 atom stereocenters. The molecule has 2 aromatic rings. The van der Waals surface area contributed by atoms with Gasteiger partial charge in [-0.25, -0.2) is 0 Å². The van der Waals surface area contributed by atoms with E-state index in [1.54, 1.807) is 6.07 Å². The third-order valence-corrected chi connectivity index (χ3v) is 6.92. The summed E-state index contributed by atoms with van der Waals surface area (Å²) in [7, 11) is 0. The van der Waals surface area contributed by atoms with E-state index in [1.165, 1.54) is 6.20 Å². The zero-order valence-electron chi connectivity index (χ0n) is 18.0. The first-order chi connectivity index (χ1) is 14.4. The maximum absolute atomic E-state index is 12.0. The van der Waals surface area contributed by atoms with Gasteiger partial charge in [-0.3, -0.25) is 9.69 Å². The van der Waals surface area contributed by atoms with Crippen molar-refractivity contribution in [3.05, 3.63) is 69.1 Å². The molecule has 0 saturated carbocycles. The summed E-state index contributed by atoms with van der Waals surface area (Å²) in [6, 6.07) is 14.7. The van der Waals surface area contributed by atoms with E-state index < -0.39 is 5.41 Å². The summed E-state index contributed by atoms with van der Waals surface area (Å²) in [6.45, 7) is 6.98. The lowest BCUT2D eigenvalue weighted by Crippen LogP contribution is -2.35. The zero-order chi connectivity index (χ0) is 21.6. The Hall–Kier alpha value is -2.09. The summed E-state index contributed by atoms with van der Waals surface area (Å²) >= 11 is 6.02. The smallest absolute Gasteiger partial charge is 0.252 e. The van der Waals surface area contributed by atoms with Gasteiger partial charge in [0.05, 0.1) is 16.5 Å². The molecule has 2 heterocycles. The van der Waals surface area contributed by atoms with Crippen molar-refractivity contribution in [2.75, 3.05) is 13.1 Å². The average molecular weight is 426 g/mol. The van der Waals surface area contributed by atoms with E-state index in [2.05, 4.69) is 41.9 Å². The molecule has 1 unspecified atom stereocenters. The number of likely N-dealkylation sites (tertiary alicyclic amines) is 1. The second kappa shape index (κ2) is 10.3. The topological polar surface area (TPSA) is 59.9 Å². The molecule has 0 amide bonds. The van der Waals surface area contributed by atoms with E-state index in [0.717, 1.165) is 56.3 Å². The third kappa shape index (κ3) is 5.33. The minimum absolute atomic E-state index is 0.0519. The van der Waals surface area contributed by atoms with Crippen LogP contribution in [0.1, 0.15) is 57.1 Å². The van der Waals surface area contributed by atoms with Crippen LogP contribution in [-0.2, 0) is 12.0 Å². The highest BCUT2D eigenvalue weighted by molar-refractivity contribution is 6.30. The summed E-state index contributed by atoms with van der Waals surface area (Å²) in [6.07, 6.45) is 6.96. The van der Waals surface area contributed by atoms with Gasteiger partial charge in [0.15, 0.2) is 0 Å². The highest BCUT2D eigenvalue weighted by Gasteiger charge is 2.35. The normalized spacial score (nSPS) is 17.6. The first-order valence-corrected chi connectivity index (χ1v) is 11.4. The summed E-state index contributed by atoms with van der Waals surface area (Å²) in [5.41, 5.74) is 1.42. The lowest BCUT2D eigenvalue weighted by atomic mass is 9.69. The van der Waals surface area contributed by atoms with Gasteiger partial charge < -0.3 is 4.98 Å². The Bertz CT molecular complexity index is 910. The van der Waals surface area contributed by atoms with Crippen molar-refractivity contribution in [3.63, 3.8) is 0 Å². The zero-order valence-corrected chi connectivity index (χ0v) is 18.8. The van der Waals surface area contributed by atoms with Crippen LogP contribution in [0.15, 0.2) is 47.4 Å². The Morgan fingerprint density at radius 2 is 1.97 bits per heavy atom. The minimum atomic E-state index is -0.407. The molecule has 1 aliphatic heterocycles. The van der Waals surface area contributed by atoms with Gasteiger partial charge >= 0.3 is 0 Å². The van der Waals surface area contributed by atoms with Gasteiger partial charge in [0.25, 0.3) is 5.56 Å². The molecular formula is C25H32ClN3O. The van der Waals surface area contributed by atoms with Crippen LogP contribution in [0.5, 0.6) is 0 Å². The van der Waals surface area contributed by atoms with Crippen LogP contribution in [0.4, 0.5) is 0 Å². The summed E-state index contributed by atoms with van der Waals surface area (Å²) in [5.74, 6) is 0.973. The third-order valence-electron chi connectivity index (χ3n) is 6.70. The molecule has 1 aromatic carbocycles. The highest BCUT2D eigenvalue weighted by Crippen LogP contribution is 2.38. The van der Waals surface area contributed by atoms with Gasteiger partial charge in [-0.05, 0) is 55.8 Å². The van der Waals surface area contributed by atoms with Crippen molar-refractivity contribution in [3.8, 4) is 6.07 Å². The number of hydrogen-bond acceptors (Lipinski definition) is 3. The van der Waals surface area contributed by atoms with Gasteiger partial charge in [-0.2, -0.15) is 5.26 Å². The summed E-state index contributed by atoms with van der Waals surface area (Å²) < 4.78 is 0. The van der Waals surface area contributed by atoms with Gasteiger partial charge in [-0.15, -0.1) is 0 Å². The Labute approximate surface area is 184 Å². The summed E-state index contributed by atoms with van der Waals surface area (Å²) in [4.78, 5) is 17.0. The molecule has 1 fully saturated rings. The Balaban J connectivity index is 1.51. The molecule has 4 nitrogen and oxygen atoms in total. The number of benzene rings is 1. The first-order valence-electron chi connectivity index (χ1n) is 11.0. The van der Waals surface area contributed by atoms with Crippen molar-refractivity contribution in [1.82, 2.24) is 9.88 Å². The molecule has 0 bridgehead atoms. The van der Waals surface area contributed by atoms with Gasteiger partial charge in [-0.1, -0.05) is 68.6 Å². The molecule has 30 heavy (non-hydrogen) atoms. The molecule has 1 aromatic heterocycles. The number of nitrogens with zero attached hydrogens (tertiary/aromatic N) is 2. The van der Waals surface area contributed by atoms with Crippen LogP contribution < -0.4 is 5.56 Å². The lowest BCUT2D eigenvalue weighted by molar-refractivity contribution is 0.168. The predicted octanol–water partition coefficient (Wildman–Crippen LogP) is 5.53. The number of piperidine rings is 1. The fraction of sp³-hybridized carbons (Fsp3) is 0.520. The monoisotopic (exact) mass is 425 g/mol. The highest BCUT2D eigenvalue weighted by atomic mass is 35.5. The van der Waals surface area contributed by atoms with Crippen LogP contribution in [0.25, 0.3) is 0 Å². The van der Waals surface area contributed by atoms with Gasteiger partial charge in [0.2, 0.25) is 0 Å². The average Bonchev–Trinajstić information content (AvgIpc) is 2.75. The van der Waals surface area contributed by atoms with Crippen molar-refractivity contribution in [2.24, 2.45) is 11.8 Å². The SMILES string of the molecule is CC(C)C(C#N)(CCCC1CCN(Cc2cc(Cl)c[nH]c2=O)CC1)c1ccccc1. The van der Waals surface area contributed by atoms with E-state index in [9.17, 15) is 10.1 Å². The van der Waals surface area contributed by atoms with Crippen LogP contribution >= 0.6 is 11.6 Å². The molecule has 5 heteroatoms. The Morgan fingerprint density at radius 1 is 1.27 bits per heavy atom. The molecule has 0 radical (unpaired) electrons. The maximum Gasteiger partial charge on any atom is 0.252 e. The van der Waals surface area contributed by atoms with E-state index >= 15 is 0 Å². The number of hydrogen-bond donors (Lipinski definition) is 1. The first kappa shape index (κ1) is 22.6. The number of nitriles is 1. The molecule has 1 aliphatic rings. The molecular weight excluding hydrogens is 394 g/mol. The van der Waals surface area contributed by atoms with Crippen molar-refractivity contribution in [2.45, 2.75) is 57.9 Å². The van der Waals surface area contributed by atoms with E-state index in [1.807, 2.05) is 18.2 Å². The number of halogens is 1.